The fourth-order valence-electron chi connectivity index (χ4n) is 1.03. The second-order valence-corrected chi connectivity index (χ2v) is 4.01. The summed E-state index contributed by atoms with van der Waals surface area (Å²) in [5.74, 6) is -1.24. The van der Waals surface area contributed by atoms with Crippen molar-refractivity contribution in [2.75, 3.05) is 11.9 Å². The fourth-order valence-corrected chi connectivity index (χ4v) is 1.50. The molecule has 102 valence electrons. The fraction of sp³-hybridized carbons (Fsp3) is 0.111. The molecule has 1 rings (SSSR count). The Morgan fingerprint density at radius 2 is 2.16 bits per heavy atom. The molecule has 0 spiro atoms. The minimum atomic E-state index is -1.24. The highest BCUT2D eigenvalue weighted by Crippen LogP contribution is 2.26. The molecule has 0 aliphatic carbocycles. The highest BCUT2D eigenvalue weighted by Gasteiger charge is 2.11. The largest absolute Gasteiger partial charge is 0.479 e. The Bertz CT molecular complexity index is 521. The maximum absolute atomic E-state index is 11.3. The molecule has 0 heterocycles. The molecular formula is C9H8BrN3O6. The number of non-ortho nitro benzene ring substituents is 1. The van der Waals surface area contributed by atoms with Gasteiger partial charge in [-0.1, -0.05) is 0 Å². The van der Waals surface area contributed by atoms with Gasteiger partial charge in [0.15, 0.2) is 6.61 Å². The third kappa shape index (κ3) is 4.89. The van der Waals surface area contributed by atoms with E-state index in [1.54, 1.807) is 0 Å². The van der Waals surface area contributed by atoms with Crippen molar-refractivity contribution in [1.29, 1.82) is 0 Å². The molecule has 0 unspecified atom stereocenters. The van der Waals surface area contributed by atoms with Crippen LogP contribution >= 0.6 is 15.9 Å². The van der Waals surface area contributed by atoms with E-state index in [9.17, 15) is 19.7 Å². The second-order valence-electron chi connectivity index (χ2n) is 3.16. The number of halogens is 1. The zero-order valence-electron chi connectivity index (χ0n) is 9.25. The molecule has 0 bridgehead atoms. The van der Waals surface area contributed by atoms with Crippen molar-refractivity contribution < 1.29 is 24.5 Å². The first kappa shape index (κ1) is 14.9. The Morgan fingerprint density at radius 1 is 1.47 bits per heavy atom. The van der Waals surface area contributed by atoms with E-state index in [4.69, 9.17) is 5.11 Å². The lowest BCUT2D eigenvalue weighted by molar-refractivity contribution is -0.384. The van der Waals surface area contributed by atoms with Crippen molar-refractivity contribution in [2.24, 2.45) is 0 Å². The van der Waals surface area contributed by atoms with Gasteiger partial charge in [-0.2, -0.15) is 0 Å². The van der Waals surface area contributed by atoms with Crippen LogP contribution in [0, 0.1) is 10.1 Å². The molecule has 10 heteroatoms. The van der Waals surface area contributed by atoms with Crippen LogP contribution in [0.3, 0.4) is 0 Å². The van der Waals surface area contributed by atoms with Crippen LogP contribution in [0.4, 0.5) is 16.2 Å². The number of nitro groups is 1. The SMILES string of the molecule is O=C(O)CONC(=O)Nc1ccc([N+](=O)[O-])cc1Br. The molecule has 0 aliphatic heterocycles. The van der Waals surface area contributed by atoms with Gasteiger partial charge in [0.2, 0.25) is 0 Å². The Morgan fingerprint density at radius 3 is 2.68 bits per heavy atom. The highest BCUT2D eigenvalue weighted by molar-refractivity contribution is 9.10. The molecule has 9 nitrogen and oxygen atoms in total. The number of carboxylic acid groups (broad SMARTS) is 1. The first-order valence-corrected chi connectivity index (χ1v) is 5.54. The Balaban J connectivity index is 2.59. The predicted octanol–water partition coefficient (Wildman–Crippen LogP) is 1.50. The molecule has 0 fully saturated rings. The van der Waals surface area contributed by atoms with Crippen LogP contribution < -0.4 is 10.8 Å². The van der Waals surface area contributed by atoms with Gasteiger partial charge in [-0.15, -0.1) is 0 Å². The van der Waals surface area contributed by atoms with Crippen molar-refractivity contribution in [3.05, 3.63) is 32.8 Å². The van der Waals surface area contributed by atoms with E-state index in [0.717, 1.165) is 0 Å². The number of amides is 2. The van der Waals surface area contributed by atoms with E-state index < -0.39 is 23.5 Å². The van der Waals surface area contributed by atoms with Crippen LogP contribution in [-0.2, 0) is 9.63 Å². The van der Waals surface area contributed by atoms with Crippen molar-refractivity contribution in [3.63, 3.8) is 0 Å². The van der Waals surface area contributed by atoms with Gasteiger partial charge >= 0.3 is 12.0 Å². The van der Waals surface area contributed by atoms with Crippen LogP contribution in [-0.4, -0.2) is 28.6 Å². The number of carbonyl (C=O) groups excluding carboxylic acids is 1. The average molecular weight is 334 g/mol. The molecule has 0 aliphatic rings. The maximum Gasteiger partial charge on any atom is 0.343 e. The van der Waals surface area contributed by atoms with Gasteiger partial charge in [0.1, 0.15) is 0 Å². The number of hydrogen-bond donors (Lipinski definition) is 3. The summed E-state index contributed by atoms with van der Waals surface area (Å²) in [6, 6.07) is 2.93. The number of nitro benzene ring substituents is 1. The number of urea groups is 1. The van der Waals surface area contributed by atoms with Crippen LogP contribution in [0.15, 0.2) is 22.7 Å². The van der Waals surface area contributed by atoms with Gasteiger partial charge in [0.25, 0.3) is 5.69 Å². The Hall–Kier alpha value is -2.20. The number of hydroxylamine groups is 1. The maximum atomic E-state index is 11.3. The smallest absolute Gasteiger partial charge is 0.343 e. The summed E-state index contributed by atoms with van der Waals surface area (Å²) < 4.78 is 0.301. The zero-order valence-corrected chi connectivity index (χ0v) is 10.8. The normalized spacial score (nSPS) is 9.74. The molecule has 0 saturated heterocycles. The lowest BCUT2D eigenvalue weighted by Gasteiger charge is -2.08. The second kappa shape index (κ2) is 6.66. The third-order valence-electron chi connectivity index (χ3n) is 1.77. The third-order valence-corrected chi connectivity index (χ3v) is 2.43. The summed E-state index contributed by atoms with van der Waals surface area (Å²) in [6.45, 7) is -0.686. The van der Waals surface area contributed by atoms with E-state index >= 15 is 0 Å². The lowest BCUT2D eigenvalue weighted by atomic mass is 10.3. The summed E-state index contributed by atoms with van der Waals surface area (Å²) in [7, 11) is 0. The molecule has 1 aromatic rings. The van der Waals surface area contributed by atoms with E-state index in [-0.39, 0.29) is 11.4 Å². The average Bonchev–Trinajstić information content (AvgIpc) is 2.31. The molecule has 1 aromatic carbocycles. The molecule has 3 N–H and O–H groups in total. The summed E-state index contributed by atoms with van der Waals surface area (Å²) in [6.07, 6.45) is 0. The number of carbonyl (C=O) groups is 2. The minimum Gasteiger partial charge on any atom is -0.479 e. The van der Waals surface area contributed by atoms with Crippen molar-refractivity contribution >= 4 is 39.3 Å². The Kier molecular flexibility index (Phi) is 5.21. The van der Waals surface area contributed by atoms with Gasteiger partial charge in [-0.25, -0.2) is 15.1 Å². The lowest BCUT2D eigenvalue weighted by Crippen LogP contribution is -2.30. The Labute approximate surface area is 114 Å². The standard InChI is InChI=1S/C9H8BrN3O6/c10-6-3-5(13(17)18)1-2-7(6)11-9(16)12-19-4-8(14)15/h1-3H,4H2,(H,14,15)(H2,11,12,16). The van der Waals surface area contributed by atoms with E-state index in [0.29, 0.717) is 4.47 Å². The number of carboxylic acids is 1. The van der Waals surface area contributed by atoms with E-state index in [1.165, 1.54) is 18.2 Å². The number of aliphatic carboxylic acids is 1. The minimum absolute atomic E-state index is 0.139. The number of benzene rings is 1. The molecular weight excluding hydrogens is 326 g/mol. The zero-order chi connectivity index (χ0) is 14.4. The molecule has 0 saturated carbocycles. The van der Waals surface area contributed by atoms with Crippen LogP contribution in [0.5, 0.6) is 0 Å². The highest BCUT2D eigenvalue weighted by atomic mass is 79.9. The van der Waals surface area contributed by atoms with E-state index in [2.05, 4.69) is 26.1 Å². The molecule has 0 atom stereocenters. The summed E-state index contributed by atoms with van der Waals surface area (Å²) >= 11 is 3.05. The number of anilines is 1. The van der Waals surface area contributed by atoms with Crippen LogP contribution in [0.2, 0.25) is 0 Å². The van der Waals surface area contributed by atoms with Crippen molar-refractivity contribution in [1.82, 2.24) is 5.48 Å². The summed E-state index contributed by atoms with van der Waals surface area (Å²) in [5, 5.41) is 21.1. The first-order valence-electron chi connectivity index (χ1n) is 4.74. The first-order chi connectivity index (χ1) is 8.90. The van der Waals surface area contributed by atoms with Gasteiger partial charge in [0.05, 0.1) is 10.6 Å². The number of nitrogens with zero attached hydrogens (tertiary/aromatic N) is 1. The number of nitrogens with one attached hydrogen (secondary N) is 2. The molecule has 19 heavy (non-hydrogen) atoms. The van der Waals surface area contributed by atoms with Crippen LogP contribution in [0.1, 0.15) is 0 Å². The molecule has 0 aromatic heterocycles. The van der Waals surface area contributed by atoms with Crippen molar-refractivity contribution in [3.8, 4) is 0 Å². The predicted molar refractivity (Wildman–Crippen MR) is 66.5 cm³/mol. The van der Waals surface area contributed by atoms with Gasteiger partial charge in [-0.3, -0.25) is 15.0 Å². The number of hydrogen-bond acceptors (Lipinski definition) is 5. The van der Waals surface area contributed by atoms with Gasteiger partial charge in [0, 0.05) is 16.6 Å². The summed E-state index contributed by atoms with van der Waals surface area (Å²) in [5.41, 5.74) is 1.97. The van der Waals surface area contributed by atoms with Crippen LogP contribution in [0.25, 0.3) is 0 Å². The van der Waals surface area contributed by atoms with Crippen molar-refractivity contribution in [2.45, 2.75) is 0 Å². The molecule has 0 radical (unpaired) electrons. The monoisotopic (exact) mass is 333 g/mol. The van der Waals surface area contributed by atoms with Gasteiger partial charge in [-0.05, 0) is 22.0 Å². The summed E-state index contributed by atoms with van der Waals surface area (Å²) in [4.78, 5) is 35.7. The number of rotatable bonds is 5. The quantitative estimate of drug-likeness (QED) is 0.552. The van der Waals surface area contributed by atoms with E-state index in [1.807, 2.05) is 5.48 Å². The topological polar surface area (TPSA) is 131 Å². The molecule has 2 amide bonds. The van der Waals surface area contributed by atoms with Gasteiger partial charge < -0.3 is 10.4 Å².